The molecule has 0 aliphatic carbocycles. The highest BCUT2D eigenvalue weighted by Crippen LogP contribution is 2.16. The minimum atomic E-state index is 0.0883. The Balaban J connectivity index is 1.86. The lowest BCUT2D eigenvalue weighted by atomic mass is 10.1. The molecule has 1 saturated heterocycles. The molecule has 1 aliphatic rings. The number of benzene rings is 1. The maximum absolute atomic E-state index is 12.1. The number of rotatable bonds is 6. The number of nitrogens with zero attached hydrogens (tertiary/aromatic N) is 1. The minimum Gasteiger partial charge on any atom is -0.497 e. The molecule has 1 aliphatic heterocycles. The second-order valence-electron chi connectivity index (χ2n) is 5.13. The first-order valence-electron chi connectivity index (χ1n) is 7.24. The molecule has 0 radical (unpaired) electrons. The van der Waals surface area contributed by atoms with Crippen molar-refractivity contribution >= 4 is 17.7 Å². The molecule has 1 fully saturated rings. The number of ether oxygens (including phenoxy) is 2. The Morgan fingerprint density at radius 3 is 2.86 bits per heavy atom. The fraction of sp³-hybridized carbons (Fsp3) is 0.562. The van der Waals surface area contributed by atoms with E-state index in [1.54, 1.807) is 18.9 Å². The highest BCUT2D eigenvalue weighted by molar-refractivity contribution is 7.98. The predicted octanol–water partition coefficient (Wildman–Crippen LogP) is 2.22. The fourth-order valence-corrected chi connectivity index (χ4v) is 2.82. The van der Waals surface area contributed by atoms with Gasteiger partial charge in [0.15, 0.2) is 0 Å². The lowest BCUT2D eigenvalue weighted by Crippen LogP contribution is -2.46. The molecule has 1 aromatic carbocycles. The number of morpholine rings is 1. The number of carbonyl (C=O) groups excluding carboxylic acids is 1. The van der Waals surface area contributed by atoms with Crippen LogP contribution in [0.3, 0.4) is 0 Å². The molecule has 0 aromatic heterocycles. The summed E-state index contributed by atoms with van der Waals surface area (Å²) in [5.74, 6) is 1.99. The van der Waals surface area contributed by atoms with Gasteiger partial charge < -0.3 is 14.4 Å². The van der Waals surface area contributed by atoms with Crippen molar-refractivity contribution < 1.29 is 14.3 Å². The first-order valence-corrected chi connectivity index (χ1v) is 8.63. The van der Waals surface area contributed by atoms with E-state index in [-0.39, 0.29) is 12.0 Å². The zero-order valence-corrected chi connectivity index (χ0v) is 13.5. The Morgan fingerprint density at radius 2 is 2.19 bits per heavy atom. The topological polar surface area (TPSA) is 38.8 Å². The van der Waals surface area contributed by atoms with Gasteiger partial charge in [0, 0.05) is 31.7 Å². The maximum atomic E-state index is 12.1. The molecule has 5 heteroatoms. The van der Waals surface area contributed by atoms with Gasteiger partial charge in [-0.15, -0.1) is 0 Å². The summed E-state index contributed by atoms with van der Waals surface area (Å²) in [6, 6.07) is 8.02. The monoisotopic (exact) mass is 309 g/mol. The Labute approximate surface area is 130 Å². The molecule has 1 atom stereocenters. The van der Waals surface area contributed by atoms with Gasteiger partial charge in [-0.05, 0) is 24.0 Å². The summed E-state index contributed by atoms with van der Waals surface area (Å²) in [4.78, 5) is 14.0. The lowest BCUT2D eigenvalue weighted by Gasteiger charge is -2.33. The molecule has 0 saturated carbocycles. The number of hydrogen-bond acceptors (Lipinski definition) is 4. The standard InChI is InChI=1S/C16H23NO3S/c1-19-14-5-3-13(4-6-14)11-15-12-17(8-9-20-15)16(18)7-10-21-2/h3-6,15H,7-12H2,1-2H3. The van der Waals surface area contributed by atoms with Gasteiger partial charge in [0.05, 0.1) is 19.8 Å². The van der Waals surface area contributed by atoms with E-state index in [9.17, 15) is 4.79 Å². The lowest BCUT2D eigenvalue weighted by molar-refractivity contribution is -0.138. The number of methoxy groups -OCH3 is 1. The zero-order valence-electron chi connectivity index (χ0n) is 12.7. The summed E-state index contributed by atoms with van der Waals surface area (Å²) < 4.78 is 11.0. The fourth-order valence-electron chi connectivity index (χ4n) is 2.44. The highest BCUT2D eigenvalue weighted by atomic mass is 32.2. The van der Waals surface area contributed by atoms with Gasteiger partial charge in [0.2, 0.25) is 5.91 Å². The maximum Gasteiger partial charge on any atom is 0.223 e. The van der Waals surface area contributed by atoms with Crippen molar-refractivity contribution in [1.82, 2.24) is 4.90 Å². The van der Waals surface area contributed by atoms with E-state index >= 15 is 0 Å². The van der Waals surface area contributed by atoms with Crippen molar-refractivity contribution in [2.45, 2.75) is 18.9 Å². The Morgan fingerprint density at radius 1 is 1.43 bits per heavy atom. The van der Waals surface area contributed by atoms with Crippen molar-refractivity contribution in [2.24, 2.45) is 0 Å². The van der Waals surface area contributed by atoms with Gasteiger partial charge in [-0.2, -0.15) is 11.8 Å². The average Bonchev–Trinajstić information content (AvgIpc) is 2.53. The third-order valence-corrected chi connectivity index (χ3v) is 4.25. The van der Waals surface area contributed by atoms with E-state index in [4.69, 9.17) is 9.47 Å². The molecule has 1 aromatic rings. The first kappa shape index (κ1) is 16.2. The van der Waals surface area contributed by atoms with Crippen LogP contribution < -0.4 is 4.74 Å². The largest absolute Gasteiger partial charge is 0.497 e. The van der Waals surface area contributed by atoms with Crippen LogP contribution in [-0.2, 0) is 16.0 Å². The zero-order chi connectivity index (χ0) is 15.1. The van der Waals surface area contributed by atoms with Gasteiger partial charge in [-0.25, -0.2) is 0 Å². The highest BCUT2D eigenvalue weighted by Gasteiger charge is 2.23. The Kier molecular flexibility index (Phi) is 6.39. The van der Waals surface area contributed by atoms with Crippen LogP contribution in [0.1, 0.15) is 12.0 Å². The summed E-state index contributed by atoms with van der Waals surface area (Å²) in [6.07, 6.45) is 3.57. The Hall–Kier alpha value is -1.20. The van der Waals surface area contributed by atoms with E-state index in [0.29, 0.717) is 26.1 Å². The molecular weight excluding hydrogens is 286 g/mol. The van der Waals surface area contributed by atoms with E-state index in [0.717, 1.165) is 17.9 Å². The van der Waals surface area contributed by atoms with Gasteiger partial charge in [-0.1, -0.05) is 12.1 Å². The number of carbonyl (C=O) groups is 1. The summed E-state index contributed by atoms with van der Waals surface area (Å²) in [6.45, 7) is 2.04. The smallest absolute Gasteiger partial charge is 0.223 e. The molecule has 21 heavy (non-hydrogen) atoms. The molecule has 0 bridgehead atoms. The van der Waals surface area contributed by atoms with Crippen LogP contribution in [0.5, 0.6) is 5.75 Å². The Bertz CT molecular complexity index is 449. The van der Waals surface area contributed by atoms with Crippen LogP contribution in [0.4, 0.5) is 0 Å². The summed E-state index contributed by atoms with van der Waals surface area (Å²) in [5, 5.41) is 0. The second-order valence-corrected chi connectivity index (χ2v) is 6.11. The summed E-state index contributed by atoms with van der Waals surface area (Å²) in [5.41, 5.74) is 1.21. The molecule has 2 rings (SSSR count). The van der Waals surface area contributed by atoms with Crippen molar-refractivity contribution in [3.05, 3.63) is 29.8 Å². The normalized spacial score (nSPS) is 18.6. The van der Waals surface area contributed by atoms with E-state index in [1.165, 1.54) is 5.56 Å². The molecule has 0 N–H and O–H groups in total. The van der Waals surface area contributed by atoms with Crippen molar-refractivity contribution in [1.29, 1.82) is 0 Å². The quantitative estimate of drug-likeness (QED) is 0.808. The van der Waals surface area contributed by atoms with Crippen LogP contribution in [0.2, 0.25) is 0 Å². The minimum absolute atomic E-state index is 0.0883. The van der Waals surface area contributed by atoms with E-state index in [1.807, 2.05) is 23.3 Å². The second kappa shape index (κ2) is 8.29. The summed E-state index contributed by atoms with van der Waals surface area (Å²) >= 11 is 1.71. The molecule has 4 nitrogen and oxygen atoms in total. The molecule has 1 unspecified atom stereocenters. The summed E-state index contributed by atoms with van der Waals surface area (Å²) in [7, 11) is 1.66. The first-order chi connectivity index (χ1) is 10.2. The van der Waals surface area contributed by atoms with Gasteiger partial charge in [-0.3, -0.25) is 4.79 Å². The molecule has 0 spiro atoms. The predicted molar refractivity (Wildman–Crippen MR) is 86.0 cm³/mol. The van der Waals surface area contributed by atoms with Crippen LogP contribution in [0.15, 0.2) is 24.3 Å². The average molecular weight is 309 g/mol. The van der Waals surface area contributed by atoms with E-state index < -0.39 is 0 Å². The van der Waals surface area contributed by atoms with Crippen molar-refractivity contribution in [3.63, 3.8) is 0 Å². The van der Waals surface area contributed by atoms with E-state index in [2.05, 4.69) is 12.1 Å². The van der Waals surface area contributed by atoms with Gasteiger partial charge in [0.25, 0.3) is 0 Å². The SMILES string of the molecule is COc1ccc(CC2CN(C(=O)CCSC)CCO2)cc1. The van der Waals surface area contributed by atoms with Crippen LogP contribution >= 0.6 is 11.8 Å². The number of hydrogen-bond donors (Lipinski definition) is 0. The number of amides is 1. The third-order valence-electron chi connectivity index (χ3n) is 3.63. The molecule has 1 amide bonds. The molecule has 116 valence electrons. The van der Waals surface area contributed by atoms with Gasteiger partial charge >= 0.3 is 0 Å². The molecular formula is C16H23NO3S. The van der Waals surface area contributed by atoms with Gasteiger partial charge in [0.1, 0.15) is 5.75 Å². The number of thioether (sulfide) groups is 1. The van der Waals surface area contributed by atoms with Crippen LogP contribution in [0, 0.1) is 0 Å². The van der Waals surface area contributed by atoms with Crippen molar-refractivity contribution in [3.8, 4) is 5.75 Å². The van der Waals surface area contributed by atoms with Crippen LogP contribution in [0.25, 0.3) is 0 Å². The van der Waals surface area contributed by atoms with Crippen LogP contribution in [-0.4, -0.2) is 55.7 Å². The van der Waals surface area contributed by atoms with Crippen molar-refractivity contribution in [2.75, 3.05) is 38.8 Å². The third kappa shape index (κ3) is 4.93. The molecule has 1 heterocycles.